The first kappa shape index (κ1) is 21.8. The first-order chi connectivity index (χ1) is 14.8. The van der Waals surface area contributed by atoms with Crippen molar-refractivity contribution in [3.05, 3.63) is 92.3 Å². The van der Waals surface area contributed by atoms with Crippen molar-refractivity contribution in [1.82, 2.24) is 4.57 Å². The van der Waals surface area contributed by atoms with E-state index >= 15 is 0 Å². The zero-order valence-electron chi connectivity index (χ0n) is 18.0. The number of Topliss-reactive ketones (excluding diaryl/α,β-unsaturated/α-hetero) is 1. The molecule has 0 aliphatic heterocycles. The standard InChI is InChI=1S/C25H24N2O4/c1-15-9-8-10-16(2)23(15)31-14-21(28)22-17(3)20(13-26)24(29)27(25(22)30)18(4)19-11-6-5-7-12-19/h5-12,18,30H,14H2,1-4H3. The summed E-state index contributed by atoms with van der Waals surface area (Å²) in [7, 11) is 0. The third-order valence-corrected chi connectivity index (χ3v) is 5.45. The number of nitrogens with zero attached hydrogens (tertiary/aromatic N) is 2. The lowest BCUT2D eigenvalue weighted by Gasteiger charge is -2.21. The Morgan fingerprint density at radius 1 is 1.10 bits per heavy atom. The van der Waals surface area contributed by atoms with E-state index in [-0.39, 0.29) is 23.3 Å². The molecule has 6 heteroatoms. The van der Waals surface area contributed by atoms with Gasteiger partial charge in [-0.15, -0.1) is 0 Å². The lowest BCUT2D eigenvalue weighted by Crippen LogP contribution is -2.30. The fourth-order valence-corrected chi connectivity index (χ4v) is 3.73. The Morgan fingerprint density at radius 2 is 1.71 bits per heavy atom. The number of benzene rings is 2. The fraction of sp³-hybridized carbons (Fsp3) is 0.240. The third kappa shape index (κ3) is 4.08. The van der Waals surface area contributed by atoms with Gasteiger partial charge in [0.1, 0.15) is 17.4 Å². The molecule has 0 radical (unpaired) electrons. The summed E-state index contributed by atoms with van der Waals surface area (Å²) >= 11 is 0. The van der Waals surface area contributed by atoms with Crippen LogP contribution in [0.2, 0.25) is 0 Å². The first-order valence-corrected chi connectivity index (χ1v) is 9.93. The molecule has 3 aromatic rings. The SMILES string of the molecule is Cc1cccc(C)c1OCC(=O)c1c(C)c(C#N)c(=O)n(C(C)c2ccccc2)c1O. The summed E-state index contributed by atoms with van der Waals surface area (Å²) in [6.07, 6.45) is 0. The van der Waals surface area contributed by atoms with Gasteiger partial charge in [-0.3, -0.25) is 14.2 Å². The number of nitriles is 1. The number of aromatic nitrogens is 1. The van der Waals surface area contributed by atoms with Crippen LogP contribution in [0.5, 0.6) is 11.6 Å². The van der Waals surface area contributed by atoms with E-state index in [1.807, 2.05) is 68.4 Å². The molecule has 1 unspecified atom stereocenters. The van der Waals surface area contributed by atoms with Crippen molar-refractivity contribution < 1.29 is 14.6 Å². The minimum Gasteiger partial charge on any atom is -0.494 e. The highest BCUT2D eigenvalue weighted by atomic mass is 16.5. The van der Waals surface area contributed by atoms with Crippen molar-refractivity contribution in [1.29, 1.82) is 5.26 Å². The molecule has 0 aliphatic carbocycles. The second-order valence-corrected chi connectivity index (χ2v) is 7.51. The molecule has 31 heavy (non-hydrogen) atoms. The Labute approximate surface area is 181 Å². The number of carbonyl (C=O) groups is 1. The number of ether oxygens (including phenoxy) is 1. The summed E-state index contributed by atoms with van der Waals surface area (Å²) in [5.41, 5.74) is 1.79. The average Bonchev–Trinajstić information content (AvgIpc) is 2.74. The summed E-state index contributed by atoms with van der Waals surface area (Å²) in [5, 5.41) is 20.5. The fourth-order valence-electron chi connectivity index (χ4n) is 3.73. The molecule has 1 aromatic heterocycles. The van der Waals surface area contributed by atoms with Crippen molar-refractivity contribution >= 4 is 5.78 Å². The quantitative estimate of drug-likeness (QED) is 0.608. The molecule has 0 saturated heterocycles. The van der Waals surface area contributed by atoms with Gasteiger partial charge in [0.2, 0.25) is 11.7 Å². The van der Waals surface area contributed by atoms with Gasteiger partial charge < -0.3 is 9.84 Å². The highest BCUT2D eigenvalue weighted by molar-refractivity contribution is 6.01. The molecule has 3 rings (SSSR count). The predicted molar refractivity (Wildman–Crippen MR) is 118 cm³/mol. The van der Waals surface area contributed by atoms with Gasteiger partial charge in [-0.25, -0.2) is 0 Å². The number of pyridine rings is 1. The van der Waals surface area contributed by atoms with E-state index in [4.69, 9.17) is 4.74 Å². The first-order valence-electron chi connectivity index (χ1n) is 9.93. The summed E-state index contributed by atoms with van der Waals surface area (Å²) in [4.78, 5) is 26.0. The van der Waals surface area contributed by atoms with Crippen LogP contribution in [0.15, 0.2) is 53.3 Å². The van der Waals surface area contributed by atoms with Crippen molar-refractivity contribution in [2.45, 2.75) is 33.7 Å². The number of aryl methyl sites for hydroxylation is 2. The number of hydrogen-bond donors (Lipinski definition) is 1. The highest BCUT2D eigenvalue weighted by Crippen LogP contribution is 2.29. The zero-order chi connectivity index (χ0) is 22.7. The second kappa shape index (κ2) is 8.88. The Kier molecular flexibility index (Phi) is 6.26. The number of rotatable bonds is 6. The van der Waals surface area contributed by atoms with Gasteiger partial charge >= 0.3 is 0 Å². The van der Waals surface area contributed by atoms with E-state index in [0.717, 1.165) is 21.3 Å². The van der Waals surface area contributed by atoms with Gasteiger partial charge in [0, 0.05) is 0 Å². The van der Waals surface area contributed by atoms with Crippen LogP contribution in [0.4, 0.5) is 0 Å². The zero-order valence-corrected chi connectivity index (χ0v) is 18.0. The van der Waals surface area contributed by atoms with Crippen LogP contribution in [0, 0.1) is 32.1 Å². The Morgan fingerprint density at radius 3 is 2.29 bits per heavy atom. The van der Waals surface area contributed by atoms with Gasteiger partial charge in [-0.05, 0) is 49.9 Å². The molecule has 0 bridgehead atoms. The lowest BCUT2D eigenvalue weighted by atomic mass is 10.00. The predicted octanol–water partition coefficient (Wildman–Crippen LogP) is 4.22. The molecule has 158 valence electrons. The minimum atomic E-state index is -0.638. The maximum atomic E-state index is 13.1. The third-order valence-electron chi connectivity index (χ3n) is 5.45. The molecule has 1 atom stereocenters. The number of ketones is 1. The Hall–Kier alpha value is -3.85. The number of para-hydroxylation sites is 1. The summed E-state index contributed by atoms with van der Waals surface area (Å²) in [5.74, 6) is -0.379. The van der Waals surface area contributed by atoms with Crippen molar-refractivity contribution in [3.63, 3.8) is 0 Å². The van der Waals surface area contributed by atoms with Crippen LogP contribution in [0.3, 0.4) is 0 Å². The van der Waals surface area contributed by atoms with E-state index in [9.17, 15) is 20.0 Å². The molecule has 1 heterocycles. The average molecular weight is 416 g/mol. The monoisotopic (exact) mass is 416 g/mol. The van der Waals surface area contributed by atoms with E-state index < -0.39 is 23.3 Å². The van der Waals surface area contributed by atoms with Crippen molar-refractivity contribution in [2.75, 3.05) is 6.61 Å². The molecular weight excluding hydrogens is 392 g/mol. The number of hydrogen-bond acceptors (Lipinski definition) is 5. The summed E-state index contributed by atoms with van der Waals surface area (Å²) < 4.78 is 6.84. The number of aromatic hydroxyl groups is 1. The molecule has 6 nitrogen and oxygen atoms in total. The topological polar surface area (TPSA) is 92.3 Å². The van der Waals surface area contributed by atoms with Crippen LogP contribution in [-0.4, -0.2) is 22.1 Å². The summed E-state index contributed by atoms with van der Waals surface area (Å²) in [6, 6.07) is 16.1. The van der Waals surface area contributed by atoms with Crippen LogP contribution in [0.25, 0.3) is 0 Å². The van der Waals surface area contributed by atoms with Crippen molar-refractivity contribution in [2.24, 2.45) is 0 Å². The maximum absolute atomic E-state index is 13.1. The molecule has 0 aliphatic rings. The summed E-state index contributed by atoms with van der Waals surface area (Å²) in [6.45, 7) is 6.65. The molecular formula is C25H24N2O4. The Balaban J connectivity index is 2.07. The van der Waals surface area contributed by atoms with Crippen LogP contribution in [0.1, 0.15) is 51.1 Å². The van der Waals surface area contributed by atoms with Gasteiger partial charge in [0.05, 0.1) is 11.6 Å². The largest absolute Gasteiger partial charge is 0.494 e. The van der Waals surface area contributed by atoms with Gasteiger partial charge in [-0.2, -0.15) is 5.26 Å². The maximum Gasteiger partial charge on any atom is 0.272 e. The van der Waals surface area contributed by atoms with Gasteiger partial charge in [0.25, 0.3) is 5.56 Å². The van der Waals surface area contributed by atoms with Crippen molar-refractivity contribution in [3.8, 4) is 17.7 Å². The van der Waals surface area contributed by atoms with E-state index in [1.165, 1.54) is 6.92 Å². The molecule has 1 N–H and O–H groups in total. The molecule has 0 saturated carbocycles. The minimum absolute atomic E-state index is 0.0785. The highest BCUT2D eigenvalue weighted by Gasteiger charge is 2.27. The van der Waals surface area contributed by atoms with Crippen LogP contribution in [-0.2, 0) is 0 Å². The van der Waals surface area contributed by atoms with E-state index in [0.29, 0.717) is 5.75 Å². The molecule has 2 aromatic carbocycles. The van der Waals surface area contributed by atoms with E-state index in [2.05, 4.69) is 0 Å². The van der Waals surface area contributed by atoms with Gasteiger partial charge in [-0.1, -0.05) is 48.5 Å². The molecule has 0 spiro atoms. The molecule has 0 fully saturated rings. The smallest absolute Gasteiger partial charge is 0.272 e. The normalized spacial score (nSPS) is 11.6. The van der Waals surface area contributed by atoms with Crippen LogP contribution < -0.4 is 10.3 Å². The number of carbonyl (C=O) groups excluding carboxylic acids is 1. The molecule has 0 amide bonds. The second-order valence-electron chi connectivity index (χ2n) is 7.51. The van der Waals surface area contributed by atoms with Crippen LogP contribution >= 0.6 is 0 Å². The van der Waals surface area contributed by atoms with Gasteiger partial charge in [0.15, 0.2) is 6.61 Å². The van der Waals surface area contributed by atoms with E-state index in [1.54, 1.807) is 6.92 Å². The lowest BCUT2D eigenvalue weighted by molar-refractivity contribution is 0.0915. The Bertz CT molecular complexity index is 1220.